The molecule has 1 aromatic heterocycles. The summed E-state index contributed by atoms with van der Waals surface area (Å²) >= 11 is 0. The molecule has 4 rings (SSSR count). The van der Waals surface area contributed by atoms with Gasteiger partial charge in [-0.1, -0.05) is 32.0 Å². The topological polar surface area (TPSA) is 58.4 Å². The predicted molar refractivity (Wildman–Crippen MR) is 112 cm³/mol. The molecule has 0 radical (unpaired) electrons. The van der Waals surface area contributed by atoms with Gasteiger partial charge in [-0.2, -0.15) is 0 Å². The van der Waals surface area contributed by atoms with Gasteiger partial charge in [0.05, 0.1) is 17.4 Å². The molecular formula is C23H24F2N4O2. The molecule has 0 saturated carbocycles. The number of amides is 2. The van der Waals surface area contributed by atoms with Crippen molar-refractivity contribution in [2.24, 2.45) is 5.92 Å². The monoisotopic (exact) mass is 426 g/mol. The Morgan fingerprint density at radius 1 is 0.935 bits per heavy atom. The number of imidazole rings is 1. The molecule has 3 aromatic rings. The fourth-order valence-electron chi connectivity index (χ4n) is 4.05. The Bertz CT molecular complexity index is 1110. The van der Waals surface area contributed by atoms with E-state index in [0.29, 0.717) is 42.8 Å². The fraction of sp³-hybridized carbons (Fsp3) is 0.348. The summed E-state index contributed by atoms with van der Waals surface area (Å²) in [5, 5.41) is 0. The zero-order chi connectivity index (χ0) is 22.1. The fourth-order valence-corrected chi connectivity index (χ4v) is 4.05. The minimum Gasteiger partial charge on any atom is -0.337 e. The van der Waals surface area contributed by atoms with E-state index in [-0.39, 0.29) is 17.7 Å². The molecule has 8 heteroatoms. The minimum atomic E-state index is -0.975. The minimum absolute atomic E-state index is 0.0498. The van der Waals surface area contributed by atoms with E-state index in [1.807, 2.05) is 32.0 Å². The average molecular weight is 426 g/mol. The van der Waals surface area contributed by atoms with Crippen molar-refractivity contribution in [2.75, 3.05) is 26.2 Å². The maximum Gasteiger partial charge on any atom is 0.253 e. The van der Waals surface area contributed by atoms with Gasteiger partial charge in [0.25, 0.3) is 5.91 Å². The predicted octanol–water partition coefficient (Wildman–Crippen LogP) is 3.50. The molecule has 1 aliphatic heterocycles. The number of rotatable bonds is 4. The third-order valence-electron chi connectivity index (χ3n) is 5.70. The van der Waals surface area contributed by atoms with Gasteiger partial charge in [0.2, 0.25) is 5.91 Å². The Morgan fingerprint density at radius 2 is 1.55 bits per heavy atom. The molecule has 6 nitrogen and oxygen atoms in total. The van der Waals surface area contributed by atoms with Crippen LogP contribution in [0.3, 0.4) is 0 Å². The van der Waals surface area contributed by atoms with Crippen LogP contribution in [0.5, 0.6) is 0 Å². The van der Waals surface area contributed by atoms with Crippen LogP contribution in [0, 0.1) is 17.6 Å². The van der Waals surface area contributed by atoms with Crippen molar-refractivity contribution < 1.29 is 18.4 Å². The summed E-state index contributed by atoms with van der Waals surface area (Å²) < 4.78 is 29.0. The van der Waals surface area contributed by atoms with Crippen LogP contribution < -0.4 is 0 Å². The Labute approximate surface area is 179 Å². The first-order valence-corrected chi connectivity index (χ1v) is 10.3. The van der Waals surface area contributed by atoms with Gasteiger partial charge in [0, 0.05) is 43.9 Å². The highest BCUT2D eigenvalue weighted by Gasteiger charge is 2.33. The molecule has 0 aliphatic carbocycles. The number of halogens is 2. The summed E-state index contributed by atoms with van der Waals surface area (Å²) in [6.07, 6.45) is 1.46. The van der Waals surface area contributed by atoms with Gasteiger partial charge in [0.1, 0.15) is 6.04 Å². The van der Waals surface area contributed by atoms with Gasteiger partial charge in [-0.15, -0.1) is 0 Å². The molecular weight excluding hydrogens is 402 g/mol. The van der Waals surface area contributed by atoms with Crippen molar-refractivity contribution >= 4 is 22.8 Å². The zero-order valence-corrected chi connectivity index (χ0v) is 17.5. The highest BCUT2D eigenvalue weighted by molar-refractivity contribution is 5.94. The third-order valence-corrected chi connectivity index (χ3v) is 5.70. The van der Waals surface area contributed by atoms with Gasteiger partial charge < -0.3 is 14.4 Å². The molecule has 0 N–H and O–H groups in total. The summed E-state index contributed by atoms with van der Waals surface area (Å²) in [7, 11) is 0. The molecule has 0 bridgehead atoms. The molecule has 1 atom stereocenters. The maximum atomic E-state index is 13.8. The Hall–Kier alpha value is -3.29. The van der Waals surface area contributed by atoms with Crippen LogP contribution in [0.2, 0.25) is 0 Å². The Balaban J connectivity index is 1.52. The molecule has 2 aromatic carbocycles. The first-order valence-electron chi connectivity index (χ1n) is 10.3. The van der Waals surface area contributed by atoms with E-state index < -0.39 is 17.7 Å². The van der Waals surface area contributed by atoms with Crippen LogP contribution in [0.15, 0.2) is 48.8 Å². The summed E-state index contributed by atoms with van der Waals surface area (Å²) in [5.41, 5.74) is 1.31. The van der Waals surface area contributed by atoms with Gasteiger partial charge in [-0.25, -0.2) is 13.8 Å². The molecule has 1 unspecified atom stereocenters. The second-order valence-corrected chi connectivity index (χ2v) is 8.08. The molecule has 1 fully saturated rings. The summed E-state index contributed by atoms with van der Waals surface area (Å²) in [5.74, 6) is -2.21. The van der Waals surface area contributed by atoms with Crippen molar-refractivity contribution in [3.63, 3.8) is 0 Å². The summed E-state index contributed by atoms with van der Waals surface area (Å²) in [4.78, 5) is 33.7. The van der Waals surface area contributed by atoms with E-state index in [4.69, 9.17) is 0 Å². The smallest absolute Gasteiger partial charge is 0.253 e. The SMILES string of the molecule is CC(C)C(C(=O)N1CCN(C(=O)c2ccccc2)CC1)n1cnc2cc(F)c(F)cc21. The molecule has 2 heterocycles. The van der Waals surface area contributed by atoms with E-state index >= 15 is 0 Å². The van der Waals surface area contributed by atoms with Gasteiger partial charge >= 0.3 is 0 Å². The molecule has 31 heavy (non-hydrogen) atoms. The van der Waals surface area contributed by atoms with Gasteiger partial charge in [0.15, 0.2) is 11.6 Å². The normalized spacial score (nSPS) is 15.5. The lowest BCUT2D eigenvalue weighted by atomic mass is 10.0. The van der Waals surface area contributed by atoms with Crippen LogP contribution in [0.1, 0.15) is 30.2 Å². The average Bonchev–Trinajstić information content (AvgIpc) is 3.16. The Morgan fingerprint density at radius 3 is 2.19 bits per heavy atom. The van der Waals surface area contributed by atoms with Crippen molar-refractivity contribution in [1.82, 2.24) is 19.4 Å². The molecule has 1 saturated heterocycles. The third kappa shape index (κ3) is 4.02. The quantitative estimate of drug-likeness (QED) is 0.642. The molecule has 1 aliphatic rings. The number of hydrogen-bond donors (Lipinski definition) is 0. The first-order chi connectivity index (χ1) is 14.9. The van der Waals surface area contributed by atoms with Crippen LogP contribution in [-0.4, -0.2) is 57.3 Å². The molecule has 2 amide bonds. The second-order valence-electron chi connectivity index (χ2n) is 8.08. The number of aromatic nitrogens is 2. The van der Waals surface area contributed by atoms with Gasteiger partial charge in [-0.05, 0) is 18.1 Å². The van der Waals surface area contributed by atoms with E-state index in [1.165, 1.54) is 6.33 Å². The maximum absolute atomic E-state index is 13.8. The van der Waals surface area contributed by atoms with E-state index in [0.717, 1.165) is 12.1 Å². The van der Waals surface area contributed by atoms with E-state index in [9.17, 15) is 18.4 Å². The standard InChI is InChI=1S/C23H24F2N4O2/c1-15(2)21(29-14-26-19-12-17(24)18(25)13-20(19)29)23(31)28-10-8-27(9-11-28)22(30)16-6-4-3-5-7-16/h3-7,12-15,21H,8-11H2,1-2H3. The number of piperazine rings is 1. The lowest BCUT2D eigenvalue weighted by Gasteiger charge is -2.37. The Kier molecular flexibility index (Phi) is 5.71. The van der Waals surface area contributed by atoms with Crippen LogP contribution in [0.4, 0.5) is 8.78 Å². The number of benzene rings is 2. The number of nitrogens with zero attached hydrogens (tertiary/aromatic N) is 4. The highest BCUT2D eigenvalue weighted by Crippen LogP contribution is 2.27. The highest BCUT2D eigenvalue weighted by atomic mass is 19.2. The number of carbonyl (C=O) groups excluding carboxylic acids is 2. The van der Waals surface area contributed by atoms with Crippen LogP contribution in [0.25, 0.3) is 11.0 Å². The number of hydrogen-bond acceptors (Lipinski definition) is 3. The summed E-state index contributed by atoms with van der Waals surface area (Å²) in [6, 6.07) is 10.6. The lowest BCUT2D eigenvalue weighted by Crippen LogP contribution is -2.52. The van der Waals surface area contributed by atoms with Crippen molar-refractivity contribution in [3.05, 3.63) is 66.0 Å². The summed E-state index contributed by atoms with van der Waals surface area (Å²) in [6.45, 7) is 5.52. The largest absolute Gasteiger partial charge is 0.337 e. The van der Waals surface area contributed by atoms with Crippen molar-refractivity contribution in [1.29, 1.82) is 0 Å². The van der Waals surface area contributed by atoms with Gasteiger partial charge in [-0.3, -0.25) is 9.59 Å². The zero-order valence-electron chi connectivity index (χ0n) is 17.5. The second kappa shape index (κ2) is 8.45. The first kappa shape index (κ1) is 21.0. The molecule has 162 valence electrons. The number of fused-ring (bicyclic) bond motifs is 1. The van der Waals surface area contributed by atoms with Crippen LogP contribution in [-0.2, 0) is 4.79 Å². The number of carbonyl (C=O) groups is 2. The van der Waals surface area contributed by atoms with Crippen molar-refractivity contribution in [3.8, 4) is 0 Å². The van der Waals surface area contributed by atoms with Crippen molar-refractivity contribution in [2.45, 2.75) is 19.9 Å². The van der Waals surface area contributed by atoms with E-state index in [1.54, 1.807) is 26.5 Å². The lowest BCUT2D eigenvalue weighted by molar-refractivity contribution is -0.137. The van der Waals surface area contributed by atoms with E-state index in [2.05, 4.69) is 4.98 Å². The van der Waals surface area contributed by atoms with Crippen LogP contribution >= 0.6 is 0 Å². The molecule has 0 spiro atoms.